The van der Waals surface area contributed by atoms with Crippen molar-refractivity contribution in [2.45, 2.75) is 6.18 Å². The van der Waals surface area contributed by atoms with Crippen LogP contribution >= 0.6 is 0 Å². The summed E-state index contributed by atoms with van der Waals surface area (Å²) in [7, 11) is 2.96. The fraction of sp³-hybridized carbons (Fsp3) is 0.235. The maximum atomic E-state index is 12.7. The van der Waals surface area contributed by atoms with E-state index in [2.05, 4.69) is 10.6 Å². The van der Waals surface area contributed by atoms with E-state index in [1.165, 1.54) is 26.4 Å². The van der Waals surface area contributed by atoms with Crippen LogP contribution in [-0.2, 0) is 11.0 Å². The molecule has 8 heteroatoms. The molecule has 5 nitrogen and oxygen atoms in total. The van der Waals surface area contributed by atoms with Crippen molar-refractivity contribution in [1.82, 2.24) is 0 Å². The molecule has 2 aromatic rings. The molecule has 2 N–H and O–H groups in total. The summed E-state index contributed by atoms with van der Waals surface area (Å²) in [6.45, 7) is -0.194. The number of methoxy groups -OCH3 is 2. The summed E-state index contributed by atoms with van der Waals surface area (Å²) in [6.07, 6.45) is -4.43. The molecule has 0 bridgehead atoms. The van der Waals surface area contributed by atoms with Gasteiger partial charge >= 0.3 is 6.18 Å². The van der Waals surface area contributed by atoms with E-state index < -0.39 is 17.6 Å². The van der Waals surface area contributed by atoms with E-state index in [9.17, 15) is 18.0 Å². The van der Waals surface area contributed by atoms with Crippen LogP contribution < -0.4 is 20.1 Å². The Hall–Kier alpha value is -2.90. The smallest absolute Gasteiger partial charge is 0.416 e. The number of benzene rings is 2. The number of alkyl halides is 3. The molecule has 0 aliphatic heterocycles. The molecule has 0 heterocycles. The van der Waals surface area contributed by atoms with Gasteiger partial charge in [-0.25, -0.2) is 0 Å². The van der Waals surface area contributed by atoms with Crippen LogP contribution in [0.4, 0.5) is 24.5 Å². The minimum absolute atomic E-state index is 0.194. The molecule has 0 atom stereocenters. The first kappa shape index (κ1) is 18.4. The SMILES string of the molecule is COc1cc(NC(=O)CNc2cccc(C(F)(F)F)c2)cc(OC)c1. The van der Waals surface area contributed by atoms with Crippen molar-refractivity contribution in [2.24, 2.45) is 0 Å². The van der Waals surface area contributed by atoms with Gasteiger partial charge in [-0.3, -0.25) is 4.79 Å². The summed E-state index contributed by atoms with van der Waals surface area (Å²) < 4.78 is 48.2. The van der Waals surface area contributed by atoms with Crippen molar-refractivity contribution in [3.63, 3.8) is 0 Å². The molecule has 25 heavy (non-hydrogen) atoms. The lowest BCUT2D eigenvalue weighted by Crippen LogP contribution is -2.22. The molecule has 0 saturated heterocycles. The van der Waals surface area contributed by atoms with Crippen LogP contribution in [-0.4, -0.2) is 26.7 Å². The summed E-state index contributed by atoms with van der Waals surface area (Å²) in [4.78, 5) is 12.0. The summed E-state index contributed by atoms with van der Waals surface area (Å²) in [5.74, 6) is 0.577. The number of rotatable bonds is 6. The molecule has 0 saturated carbocycles. The lowest BCUT2D eigenvalue weighted by Gasteiger charge is -2.12. The number of anilines is 2. The number of hydrogen-bond acceptors (Lipinski definition) is 4. The Morgan fingerprint density at radius 2 is 1.64 bits per heavy atom. The van der Waals surface area contributed by atoms with Gasteiger partial charge in [0.2, 0.25) is 5.91 Å². The highest BCUT2D eigenvalue weighted by Gasteiger charge is 2.30. The Morgan fingerprint density at radius 1 is 1.00 bits per heavy atom. The number of hydrogen-bond donors (Lipinski definition) is 2. The highest BCUT2D eigenvalue weighted by molar-refractivity contribution is 5.94. The predicted molar refractivity (Wildman–Crippen MR) is 88.1 cm³/mol. The molecule has 0 unspecified atom stereocenters. The van der Waals surface area contributed by atoms with Crippen LogP contribution in [0, 0.1) is 0 Å². The third kappa shape index (κ3) is 5.30. The van der Waals surface area contributed by atoms with Crippen LogP contribution in [0.3, 0.4) is 0 Å². The topological polar surface area (TPSA) is 59.6 Å². The number of amides is 1. The fourth-order valence-electron chi connectivity index (χ4n) is 2.07. The second kappa shape index (κ2) is 7.78. The molecule has 0 aliphatic carbocycles. The van der Waals surface area contributed by atoms with E-state index in [0.29, 0.717) is 17.2 Å². The summed E-state index contributed by atoms with van der Waals surface area (Å²) in [6, 6.07) is 9.49. The van der Waals surface area contributed by atoms with Crippen LogP contribution in [0.5, 0.6) is 11.5 Å². The maximum absolute atomic E-state index is 12.7. The molecule has 0 aromatic heterocycles. The second-order valence-corrected chi connectivity index (χ2v) is 5.08. The van der Waals surface area contributed by atoms with Crippen LogP contribution in [0.2, 0.25) is 0 Å². The Bertz CT molecular complexity index is 726. The third-order valence-electron chi connectivity index (χ3n) is 3.28. The Labute approximate surface area is 142 Å². The van der Waals surface area contributed by atoms with Gasteiger partial charge in [0.25, 0.3) is 0 Å². The second-order valence-electron chi connectivity index (χ2n) is 5.08. The average molecular weight is 354 g/mol. The first-order valence-corrected chi connectivity index (χ1v) is 7.26. The Balaban J connectivity index is 1.99. The Morgan fingerprint density at radius 3 is 2.20 bits per heavy atom. The van der Waals surface area contributed by atoms with Gasteiger partial charge in [0.15, 0.2) is 0 Å². The van der Waals surface area contributed by atoms with E-state index in [1.54, 1.807) is 18.2 Å². The van der Waals surface area contributed by atoms with Crippen molar-refractivity contribution < 1.29 is 27.4 Å². The van der Waals surface area contributed by atoms with Gasteiger partial charge in [-0.1, -0.05) is 6.07 Å². The van der Waals surface area contributed by atoms with Gasteiger partial charge in [0.1, 0.15) is 11.5 Å². The van der Waals surface area contributed by atoms with Gasteiger partial charge in [0, 0.05) is 29.6 Å². The van der Waals surface area contributed by atoms with Crippen molar-refractivity contribution >= 4 is 17.3 Å². The van der Waals surface area contributed by atoms with E-state index in [-0.39, 0.29) is 12.2 Å². The van der Waals surface area contributed by atoms with Gasteiger partial charge in [0.05, 0.1) is 26.3 Å². The van der Waals surface area contributed by atoms with E-state index in [1.807, 2.05) is 0 Å². The quantitative estimate of drug-likeness (QED) is 0.829. The van der Waals surface area contributed by atoms with Crippen molar-refractivity contribution in [3.05, 3.63) is 48.0 Å². The lowest BCUT2D eigenvalue weighted by molar-refractivity contribution is -0.137. The normalized spacial score (nSPS) is 10.9. The van der Waals surface area contributed by atoms with Crippen molar-refractivity contribution in [3.8, 4) is 11.5 Å². The minimum Gasteiger partial charge on any atom is -0.497 e. The first-order valence-electron chi connectivity index (χ1n) is 7.26. The minimum atomic E-state index is -4.43. The number of carbonyl (C=O) groups excluding carboxylic acids is 1. The van der Waals surface area contributed by atoms with E-state index >= 15 is 0 Å². The largest absolute Gasteiger partial charge is 0.497 e. The molecule has 1 amide bonds. The first-order chi connectivity index (χ1) is 11.8. The van der Waals surface area contributed by atoms with Crippen LogP contribution in [0.1, 0.15) is 5.56 Å². The van der Waals surface area contributed by atoms with E-state index in [4.69, 9.17) is 9.47 Å². The monoisotopic (exact) mass is 354 g/mol. The maximum Gasteiger partial charge on any atom is 0.416 e. The predicted octanol–water partition coefficient (Wildman–Crippen LogP) is 3.77. The highest BCUT2D eigenvalue weighted by atomic mass is 19.4. The molecular weight excluding hydrogens is 337 g/mol. The third-order valence-corrected chi connectivity index (χ3v) is 3.28. The number of halogens is 3. The van der Waals surface area contributed by atoms with Crippen molar-refractivity contribution in [2.75, 3.05) is 31.4 Å². The molecular formula is C17H17F3N2O3. The molecule has 0 aliphatic rings. The molecule has 0 radical (unpaired) electrons. The highest BCUT2D eigenvalue weighted by Crippen LogP contribution is 2.30. The van der Waals surface area contributed by atoms with Crippen molar-refractivity contribution in [1.29, 1.82) is 0 Å². The molecule has 134 valence electrons. The van der Waals surface area contributed by atoms with Gasteiger partial charge in [-0.2, -0.15) is 13.2 Å². The van der Waals surface area contributed by atoms with E-state index in [0.717, 1.165) is 12.1 Å². The number of carbonyl (C=O) groups is 1. The zero-order valence-electron chi connectivity index (χ0n) is 13.6. The zero-order chi connectivity index (χ0) is 18.4. The number of ether oxygens (including phenoxy) is 2. The molecule has 0 fully saturated rings. The Kier molecular flexibility index (Phi) is 5.74. The summed E-state index contributed by atoms with van der Waals surface area (Å²) in [5, 5.41) is 5.28. The summed E-state index contributed by atoms with van der Waals surface area (Å²) in [5.41, 5.74) is -0.129. The fourth-order valence-corrected chi connectivity index (χ4v) is 2.07. The number of nitrogens with one attached hydrogen (secondary N) is 2. The summed E-state index contributed by atoms with van der Waals surface area (Å²) >= 11 is 0. The van der Waals surface area contributed by atoms with Gasteiger partial charge in [-0.05, 0) is 18.2 Å². The molecule has 2 aromatic carbocycles. The standard InChI is InChI=1S/C17H17F3N2O3/c1-24-14-7-13(8-15(9-14)25-2)22-16(23)10-21-12-5-3-4-11(6-12)17(18,19)20/h3-9,21H,10H2,1-2H3,(H,22,23). The van der Waals surface area contributed by atoms with Gasteiger partial charge in [-0.15, -0.1) is 0 Å². The van der Waals surface area contributed by atoms with Crippen LogP contribution in [0.15, 0.2) is 42.5 Å². The van der Waals surface area contributed by atoms with Crippen LogP contribution in [0.25, 0.3) is 0 Å². The molecule has 0 spiro atoms. The average Bonchev–Trinajstić information content (AvgIpc) is 2.59. The lowest BCUT2D eigenvalue weighted by atomic mass is 10.2. The zero-order valence-corrected chi connectivity index (χ0v) is 13.6. The van der Waals surface area contributed by atoms with Gasteiger partial charge < -0.3 is 20.1 Å². The molecule has 2 rings (SSSR count).